The van der Waals surface area contributed by atoms with Gasteiger partial charge in [-0.2, -0.15) is 0 Å². The summed E-state index contributed by atoms with van der Waals surface area (Å²) in [5.41, 5.74) is 1.03. The molecule has 19 heavy (non-hydrogen) atoms. The van der Waals surface area contributed by atoms with Crippen LogP contribution in [0.4, 0.5) is 4.39 Å². The van der Waals surface area contributed by atoms with Crippen molar-refractivity contribution < 1.29 is 4.39 Å². The Labute approximate surface area is 117 Å². The minimum atomic E-state index is -0.151. The molecule has 1 aromatic rings. The molecule has 0 amide bonds. The molecule has 0 aliphatic carbocycles. The Morgan fingerprint density at radius 3 is 2.42 bits per heavy atom. The standard InChI is InChI=1S/C17H28FN/c1-3-4-5-6-7-8-9-13-19-15(2)16-11-10-12-17(18)14-16/h10-12,14-15,19H,3-9,13H2,1-2H3/t15-/m1/s1. The van der Waals surface area contributed by atoms with Gasteiger partial charge in [0.15, 0.2) is 0 Å². The molecule has 2 heteroatoms. The lowest BCUT2D eigenvalue weighted by Gasteiger charge is -2.14. The zero-order valence-electron chi connectivity index (χ0n) is 12.4. The number of hydrogen-bond acceptors (Lipinski definition) is 1. The lowest BCUT2D eigenvalue weighted by atomic mass is 10.1. The SMILES string of the molecule is CCCCCCCCCN[C@H](C)c1cccc(F)c1. The Bertz CT molecular complexity index is 338. The third-order valence-corrected chi connectivity index (χ3v) is 3.58. The molecule has 1 aromatic carbocycles. The van der Waals surface area contributed by atoms with Crippen molar-refractivity contribution in [2.45, 2.75) is 64.8 Å². The Hall–Kier alpha value is -0.890. The van der Waals surface area contributed by atoms with Gasteiger partial charge in [-0.3, -0.25) is 0 Å². The predicted molar refractivity (Wildman–Crippen MR) is 80.8 cm³/mol. The minimum absolute atomic E-state index is 0.151. The summed E-state index contributed by atoms with van der Waals surface area (Å²) >= 11 is 0. The third kappa shape index (κ3) is 7.31. The lowest BCUT2D eigenvalue weighted by molar-refractivity contribution is 0.521. The van der Waals surface area contributed by atoms with Gasteiger partial charge in [0.05, 0.1) is 0 Å². The second kappa shape index (κ2) is 9.96. The molecule has 0 saturated heterocycles. The average molecular weight is 265 g/mol. The molecular weight excluding hydrogens is 237 g/mol. The van der Waals surface area contributed by atoms with Gasteiger partial charge in [0.25, 0.3) is 0 Å². The molecule has 0 aliphatic heterocycles. The summed E-state index contributed by atoms with van der Waals surface area (Å²) in [5, 5.41) is 3.46. The summed E-state index contributed by atoms with van der Waals surface area (Å²) < 4.78 is 13.1. The summed E-state index contributed by atoms with van der Waals surface area (Å²) in [6, 6.07) is 7.09. The molecule has 1 N–H and O–H groups in total. The molecule has 0 heterocycles. The van der Waals surface area contributed by atoms with Gasteiger partial charge in [-0.1, -0.05) is 57.6 Å². The van der Waals surface area contributed by atoms with Crippen molar-refractivity contribution in [1.29, 1.82) is 0 Å². The zero-order chi connectivity index (χ0) is 13.9. The molecule has 108 valence electrons. The maximum Gasteiger partial charge on any atom is 0.123 e. The van der Waals surface area contributed by atoms with Crippen LogP contribution in [0.25, 0.3) is 0 Å². The first-order chi connectivity index (χ1) is 9.24. The van der Waals surface area contributed by atoms with Gasteiger partial charge < -0.3 is 5.32 Å². The Kier molecular flexibility index (Phi) is 8.48. The quantitative estimate of drug-likeness (QED) is 0.571. The molecule has 1 nitrogen and oxygen atoms in total. The smallest absolute Gasteiger partial charge is 0.123 e. The topological polar surface area (TPSA) is 12.0 Å². The van der Waals surface area contributed by atoms with Crippen LogP contribution in [0.3, 0.4) is 0 Å². The van der Waals surface area contributed by atoms with E-state index in [1.165, 1.54) is 51.0 Å². The van der Waals surface area contributed by atoms with E-state index in [0.29, 0.717) is 0 Å². The molecule has 0 bridgehead atoms. The van der Waals surface area contributed by atoms with Crippen LogP contribution >= 0.6 is 0 Å². The van der Waals surface area contributed by atoms with E-state index in [0.717, 1.165) is 12.1 Å². The fraction of sp³-hybridized carbons (Fsp3) is 0.647. The Morgan fingerprint density at radius 2 is 1.74 bits per heavy atom. The number of halogens is 1. The zero-order valence-corrected chi connectivity index (χ0v) is 12.4. The van der Waals surface area contributed by atoms with Crippen LogP contribution < -0.4 is 5.32 Å². The summed E-state index contributed by atoms with van der Waals surface area (Å²) in [6.45, 7) is 5.36. The van der Waals surface area contributed by atoms with Gasteiger partial charge in [-0.25, -0.2) is 4.39 Å². The predicted octanol–water partition coefficient (Wildman–Crippen LogP) is 5.23. The van der Waals surface area contributed by atoms with E-state index in [9.17, 15) is 4.39 Å². The summed E-state index contributed by atoms with van der Waals surface area (Å²) in [5.74, 6) is -0.151. The maximum absolute atomic E-state index is 13.1. The van der Waals surface area contributed by atoms with E-state index in [4.69, 9.17) is 0 Å². The van der Waals surface area contributed by atoms with Crippen LogP contribution in [0, 0.1) is 5.82 Å². The largest absolute Gasteiger partial charge is 0.310 e. The molecule has 0 spiro atoms. The average Bonchev–Trinajstić information content (AvgIpc) is 2.41. The minimum Gasteiger partial charge on any atom is -0.310 e. The third-order valence-electron chi connectivity index (χ3n) is 3.58. The van der Waals surface area contributed by atoms with Gasteiger partial charge in [0, 0.05) is 6.04 Å². The van der Waals surface area contributed by atoms with Crippen LogP contribution in [0.2, 0.25) is 0 Å². The number of rotatable bonds is 10. The molecule has 0 fully saturated rings. The van der Waals surface area contributed by atoms with Crippen molar-refractivity contribution in [3.05, 3.63) is 35.6 Å². The highest BCUT2D eigenvalue weighted by Gasteiger charge is 2.04. The van der Waals surface area contributed by atoms with E-state index in [2.05, 4.69) is 19.2 Å². The number of benzene rings is 1. The van der Waals surface area contributed by atoms with Crippen molar-refractivity contribution in [1.82, 2.24) is 5.32 Å². The van der Waals surface area contributed by atoms with Crippen molar-refractivity contribution in [3.8, 4) is 0 Å². The van der Waals surface area contributed by atoms with Gasteiger partial charge in [-0.05, 0) is 37.6 Å². The number of nitrogens with one attached hydrogen (secondary N) is 1. The highest BCUT2D eigenvalue weighted by molar-refractivity contribution is 5.19. The maximum atomic E-state index is 13.1. The van der Waals surface area contributed by atoms with Crippen molar-refractivity contribution in [3.63, 3.8) is 0 Å². The van der Waals surface area contributed by atoms with Crippen LogP contribution in [-0.4, -0.2) is 6.54 Å². The second-order valence-electron chi connectivity index (χ2n) is 5.35. The molecule has 0 aliphatic rings. The van der Waals surface area contributed by atoms with Gasteiger partial charge in [0.1, 0.15) is 5.82 Å². The lowest BCUT2D eigenvalue weighted by Crippen LogP contribution is -2.19. The number of unbranched alkanes of at least 4 members (excludes halogenated alkanes) is 6. The first-order valence-corrected chi connectivity index (χ1v) is 7.73. The monoisotopic (exact) mass is 265 g/mol. The van der Waals surface area contributed by atoms with Crippen molar-refractivity contribution in [2.24, 2.45) is 0 Å². The van der Waals surface area contributed by atoms with Gasteiger partial charge >= 0.3 is 0 Å². The van der Waals surface area contributed by atoms with Crippen LogP contribution in [0.5, 0.6) is 0 Å². The van der Waals surface area contributed by atoms with E-state index in [-0.39, 0.29) is 11.9 Å². The number of hydrogen-bond donors (Lipinski definition) is 1. The fourth-order valence-electron chi connectivity index (χ4n) is 2.29. The second-order valence-corrected chi connectivity index (χ2v) is 5.35. The molecule has 1 atom stereocenters. The van der Waals surface area contributed by atoms with Crippen LogP contribution in [0.1, 0.15) is 70.4 Å². The summed E-state index contributed by atoms with van der Waals surface area (Å²) in [6.07, 6.45) is 9.28. The highest BCUT2D eigenvalue weighted by Crippen LogP contribution is 2.13. The van der Waals surface area contributed by atoms with E-state index < -0.39 is 0 Å². The fourth-order valence-corrected chi connectivity index (χ4v) is 2.29. The van der Waals surface area contributed by atoms with Crippen molar-refractivity contribution in [2.75, 3.05) is 6.54 Å². The van der Waals surface area contributed by atoms with Gasteiger partial charge in [0.2, 0.25) is 0 Å². The highest BCUT2D eigenvalue weighted by atomic mass is 19.1. The van der Waals surface area contributed by atoms with Crippen LogP contribution in [-0.2, 0) is 0 Å². The van der Waals surface area contributed by atoms with Crippen LogP contribution in [0.15, 0.2) is 24.3 Å². The van der Waals surface area contributed by atoms with E-state index in [1.807, 2.05) is 6.07 Å². The Morgan fingerprint density at radius 1 is 1.05 bits per heavy atom. The molecular formula is C17H28FN. The molecule has 0 radical (unpaired) electrons. The molecule has 0 aromatic heterocycles. The summed E-state index contributed by atoms with van der Waals surface area (Å²) in [7, 11) is 0. The molecule has 1 rings (SSSR count). The van der Waals surface area contributed by atoms with Gasteiger partial charge in [-0.15, -0.1) is 0 Å². The first kappa shape index (κ1) is 16.2. The Balaban J connectivity index is 2.06. The van der Waals surface area contributed by atoms with E-state index in [1.54, 1.807) is 12.1 Å². The first-order valence-electron chi connectivity index (χ1n) is 7.73. The van der Waals surface area contributed by atoms with E-state index >= 15 is 0 Å². The molecule has 0 saturated carbocycles. The molecule has 0 unspecified atom stereocenters. The van der Waals surface area contributed by atoms with Crippen molar-refractivity contribution >= 4 is 0 Å². The summed E-state index contributed by atoms with van der Waals surface area (Å²) in [4.78, 5) is 0. The normalized spacial score (nSPS) is 12.6.